The molecule has 0 bridgehead atoms. The highest BCUT2D eigenvalue weighted by atomic mass is 19.1. The Morgan fingerprint density at radius 1 is 0.968 bits per heavy atom. The van der Waals surface area contributed by atoms with E-state index in [0.717, 1.165) is 67.9 Å². The van der Waals surface area contributed by atoms with E-state index in [1.807, 2.05) is 11.8 Å². The van der Waals surface area contributed by atoms with Gasteiger partial charge < -0.3 is 41.1 Å². The number of rotatable bonds is 9. The maximum atomic E-state index is 15.4. The van der Waals surface area contributed by atoms with Crippen molar-refractivity contribution in [1.82, 2.24) is 35.7 Å². The first-order chi connectivity index (χ1) is 30.4. The standard InChI is InChI=1S/C45H49F2N11O5/c1-25-34(20-52-45-42(25)49-9-13-63-45)33-14-27-16-39(51-19-28(27)15-35(33)46)54-38(48)17-29-6-12-58(41(60)21-50-29)30-7-10-56(11-8-30)22-26-23-57(24-26)31-2-3-32(36(47)18-31)43(61)53-37-4-5-40(59)55-44(37)62/h2-3,14-20,26,30,37,49-50H,4-13,21-24H2,1H3,(H,53,61)(H2,48,51,54)(H,55,59,62)/b29-17-. The predicted octanol–water partition coefficient (Wildman–Crippen LogP) is 3.52. The SMILES string of the molecule is Cc1c(-c2cc3cc(/N=C(N)/C=C4/CCN(C5CCN(CC6CN(c7ccc(C(=O)NC8CCC(=O)NC8=O)c(F)c7)C6)CC5)C(=O)CN4)ncc3cc2F)cnc2c1NCCO2. The lowest BCUT2D eigenvalue weighted by Gasteiger charge is -2.45. The minimum atomic E-state index is -0.878. The molecule has 9 rings (SSSR count). The molecule has 6 N–H and O–H groups in total. The smallest absolute Gasteiger partial charge is 0.254 e. The predicted molar refractivity (Wildman–Crippen MR) is 233 cm³/mol. The molecule has 328 valence electrons. The number of hydrogen-bond donors (Lipinski definition) is 5. The highest BCUT2D eigenvalue weighted by Crippen LogP contribution is 2.38. The monoisotopic (exact) mass is 861 g/mol. The summed E-state index contributed by atoms with van der Waals surface area (Å²) in [7, 11) is 0. The van der Waals surface area contributed by atoms with Gasteiger partial charge in [-0.3, -0.25) is 24.5 Å². The second-order valence-electron chi connectivity index (χ2n) is 16.8. The summed E-state index contributed by atoms with van der Waals surface area (Å²) in [5.74, 6) is -1.17. The number of aliphatic imine (C=N–C) groups is 1. The first-order valence-electron chi connectivity index (χ1n) is 21.4. The summed E-state index contributed by atoms with van der Waals surface area (Å²) >= 11 is 0. The van der Waals surface area contributed by atoms with E-state index < -0.39 is 29.6 Å². The number of amides is 4. The molecule has 4 saturated heterocycles. The molecule has 0 spiro atoms. The molecule has 63 heavy (non-hydrogen) atoms. The van der Waals surface area contributed by atoms with Crippen molar-refractivity contribution < 1.29 is 32.7 Å². The summed E-state index contributed by atoms with van der Waals surface area (Å²) in [4.78, 5) is 69.3. The van der Waals surface area contributed by atoms with Crippen molar-refractivity contribution in [3.8, 4) is 17.0 Å². The Labute approximate surface area is 362 Å². The van der Waals surface area contributed by atoms with Gasteiger partial charge in [0.1, 0.15) is 35.8 Å². The van der Waals surface area contributed by atoms with Gasteiger partial charge in [-0.25, -0.2) is 23.7 Å². The van der Waals surface area contributed by atoms with Crippen LogP contribution in [0, 0.1) is 24.5 Å². The molecule has 16 nitrogen and oxygen atoms in total. The quantitative estimate of drug-likeness (QED) is 0.0934. The van der Waals surface area contributed by atoms with Gasteiger partial charge in [0.25, 0.3) is 5.91 Å². The molecule has 0 saturated carbocycles. The number of benzene rings is 2. The lowest BCUT2D eigenvalue weighted by Crippen LogP contribution is -2.54. The zero-order valence-electron chi connectivity index (χ0n) is 34.9. The third kappa shape index (κ3) is 8.98. The average Bonchev–Trinajstić information content (AvgIpc) is 3.43. The van der Waals surface area contributed by atoms with Crippen molar-refractivity contribution in [3.05, 3.63) is 83.3 Å². The van der Waals surface area contributed by atoms with Crippen LogP contribution in [0.2, 0.25) is 0 Å². The van der Waals surface area contributed by atoms with Crippen molar-refractivity contribution >= 4 is 57.4 Å². The Bertz CT molecular complexity index is 2550. The molecule has 4 amide bonds. The second kappa shape index (κ2) is 17.6. The Kier molecular flexibility index (Phi) is 11.6. The normalized spacial score (nSPS) is 20.9. The second-order valence-corrected chi connectivity index (χ2v) is 16.8. The van der Waals surface area contributed by atoms with Crippen molar-refractivity contribution in [2.75, 3.05) is 69.2 Å². The average molecular weight is 862 g/mol. The minimum absolute atomic E-state index is 0.0422. The van der Waals surface area contributed by atoms with Crippen LogP contribution in [0.15, 0.2) is 65.6 Å². The third-order valence-electron chi connectivity index (χ3n) is 12.6. The van der Waals surface area contributed by atoms with E-state index in [4.69, 9.17) is 10.5 Å². The van der Waals surface area contributed by atoms with E-state index in [-0.39, 0.29) is 48.6 Å². The number of amidine groups is 1. The topological polar surface area (TPSA) is 200 Å². The summed E-state index contributed by atoms with van der Waals surface area (Å²) in [6.07, 6.45) is 7.56. The number of piperidine rings is 2. The number of pyridine rings is 2. The number of carbonyl (C=O) groups excluding carboxylic acids is 4. The summed E-state index contributed by atoms with van der Waals surface area (Å²) in [6.45, 7) is 7.97. The van der Waals surface area contributed by atoms with E-state index in [0.29, 0.717) is 65.9 Å². The summed E-state index contributed by atoms with van der Waals surface area (Å²) in [6, 6.07) is 8.74. The van der Waals surface area contributed by atoms with Crippen LogP contribution in [0.3, 0.4) is 0 Å². The number of nitrogens with one attached hydrogen (secondary N) is 4. The van der Waals surface area contributed by atoms with Crippen molar-refractivity contribution in [2.45, 2.75) is 51.1 Å². The van der Waals surface area contributed by atoms with Crippen LogP contribution >= 0.6 is 0 Å². The lowest BCUT2D eigenvalue weighted by atomic mass is 9.95. The fourth-order valence-electron chi connectivity index (χ4n) is 9.14. The molecule has 7 heterocycles. The summed E-state index contributed by atoms with van der Waals surface area (Å²) in [5, 5.41) is 12.6. The Hall–Kier alpha value is -6.69. The van der Waals surface area contributed by atoms with Gasteiger partial charge in [-0.05, 0) is 79.6 Å². The van der Waals surface area contributed by atoms with Crippen LogP contribution in [0.1, 0.15) is 48.0 Å². The van der Waals surface area contributed by atoms with Gasteiger partial charge in [-0.15, -0.1) is 0 Å². The number of imide groups is 1. The molecule has 5 aliphatic rings. The van der Waals surface area contributed by atoms with E-state index in [9.17, 15) is 19.2 Å². The maximum absolute atomic E-state index is 15.4. The number of halogens is 2. The van der Waals surface area contributed by atoms with Crippen LogP contribution in [0.5, 0.6) is 5.88 Å². The Morgan fingerprint density at radius 2 is 1.79 bits per heavy atom. The van der Waals surface area contributed by atoms with Gasteiger partial charge in [0, 0.05) is 111 Å². The highest BCUT2D eigenvalue weighted by Gasteiger charge is 2.34. The van der Waals surface area contributed by atoms with Gasteiger partial charge in [-0.1, -0.05) is 0 Å². The zero-order chi connectivity index (χ0) is 43.8. The molecule has 4 fully saturated rings. The molecule has 1 atom stereocenters. The fraction of sp³-hybridized carbons (Fsp3) is 0.400. The fourth-order valence-corrected chi connectivity index (χ4v) is 9.14. The van der Waals surface area contributed by atoms with Gasteiger partial charge in [0.05, 0.1) is 12.1 Å². The number of nitrogens with zero attached hydrogens (tertiary/aromatic N) is 6. The maximum Gasteiger partial charge on any atom is 0.254 e. The van der Waals surface area contributed by atoms with E-state index in [2.05, 4.69) is 46.0 Å². The number of aromatic nitrogens is 2. The Morgan fingerprint density at radius 3 is 2.59 bits per heavy atom. The lowest BCUT2D eigenvalue weighted by molar-refractivity contribution is -0.135. The molecule has 5 aliphatic heterocycles. The van der Waals surface area contributed by atoms with Gasteiger partial charge in [0.15, 0.2) is 5.82 Å². The zero-order valence-corrected chi connectivity index (χ0v) is 34.9. The molecule has 18 heteroatoms. The van der Waals surface area contributed by atoms with Gasteiger partial charge >= 0.3 is 0 Å². The molecular formula is C45H49F2N11O5. The van der Waals surface area contributed by atoms with Crippen LogP contribution < -0.4 is 36.6 Å². The highest BCUT2D eigenvalue weighted by molar-refractivity contribution is 6.04. The first kappa shape index (κ1) is 41.7. The summed E-state index contributed by atoms with van der Waals surface area (Å²) in [5.41, 5.74) is 10.4. The van der Waals surface area contributed by atoms with E-state index in [1.165, 1.54) is 18.2 Å². The van der Waals surface area contributed by atoms with Gasteiger partial charge in [-0.2, -0.15) is 0 Å². The number of ether oxygens (including phenoxy) is 1. The number of likely N-dealkylation sites (tertiary alicyclic amines) is 1. The Balaban J connectivity index is 0.752. The number of fused-ring (bicyclic) bond motifs is 2. The number of carbonyl (C=O) groups is 4. The number of hydrogen-bond acceptors (Lipinski definition) is 12. The molecule has 4 aromatic rings. The van der Waals surface area contributed by atoms with Crippen LogP contribution in [0.25, 0.3) is 21.9 Å². The first-order valence-corrected chi connectivity index (χ1v) is 21.4. The van der Waals surface area contributed by atoms with E-state index in [1.54, 1.807) is 36.7 Å². The molecular weight excluding hydrogens is 813 g/mol. The van der Waals surface area contributed by atoms with Crippen molar-refractivity contribution in [3.63, 3.8) is 0 Å². The molecule has 1 unspecified atom stereocenters. The van der Waals surface area contributed by atoms with Crippen LogP contribution in [0.4, 0.5) is 26.0 Å². The molecule has 2 aromatic heterocycles. The molecule has 0 aliphatic carbocycles. The van der Waals surface area contributed by atoms with Crippen LogP contribution in [-0.4, -0.2) is 120 Å². The van der Waals surface area contributed by atoms with Gasteiger partial charge in [0.2, 0.25) is 23.6 Å². The molecule has 0 radical (unpaired) electrons. The van der Waals surface area contributed by atoms with E-state index >= 15 is 8.78 Å². The van der Waals surface area contributed by atoms with Crippen LogP contribution in [-0.2, 0) is 14.4 Å². The third-order valence-corrected chi connectivity index (χ3v) is 12.6. The van der Waals surface area contributed by atoms with Crippen molar-refractivity contribution in [1.29, 1.82) is 0 Å². The number of nitrogens with two attached hydrogens (primary N) is 1. The molecule has 2 aromatic carbocycles. The minimum Gasteiger partial charge on any atom is -0.474 e. The largest absolute Gasteiger partial charge is 0.474 e. The number of anilines is 2. The summed E-state index contributed by atoms with van der Waals surface area (Å²) < 4.78 is 36.1. The van der Waals surface area contributed by atoms with Crippen molar-refractivity contribution in [2.24, 2.45) is 16.6 Å².